The van der Waals surface area contributed by atoms with Gasteiger partial charge in [0.2, 0.25) is 0 Å². The van der Waals surface area contributed by atoms with Crippen LogP contribution in [0.25, 0.3) is 0 Å². The van der Waals surface area contributed by atoms with E-state index in [2.05, 4.69) is 20.4 Å². The van der Waals surface area contributed by atoms with Crippen LogP contribution in [0.2, 0.25) is 0 Å². The van der Waals surface area contributed by atoms with Gasteiger partial charge in [0.05, 0.1) is 6.61 Å². The number of nitrogens with one attached hydrogen (secondary N) is 3. The molecule has 8 heteroatoms. The summed E-state index contributed by atoms with van der Waals surface area (Å²) < 4.78 is 30.3. The first-order valence-corrected chi connectivity index (χ1v) is 8.19. The van der Waals surface area contributed by atoms with Crippen molar-refractivity contribution in [2.24, 2.45) is 5.92 Å². The molecule has 1 aromatic heterocycles. The SMILES string of the molecule is CC(F)(F)Oc1ccc(Nc2nccc(CO)c2C(=N)C2CNC2)cc1. The Hall–Kier alpha value is -2.58. The van der Waals surface area contributed by atoms with E-state index in [0.29, 0.717) is 35.3 Å². The van der Waals surface area contributed by atoms with Crippen LogP contribution in [0.15, 0.2) is 36.5 Å². The van der Waals surface area contributed by atoms with Crippen LogP contribution < -0.4 is 15.4 Å². The molecular weight excluding hydrogens is 342 g/mol. The Morgan fingerprint density at radius 2 is 2.04 bits per heavy atom. The molecule has 1 aliphatic heterocycles. The summed E-state index contributed by atoms with van der Waals surface area (Å²) in [6, 6.07) is 7.72. The first-order chi connectivity index (χ1) is 12.4. The molecule has 26 heavy (non-hydrogen) atoms. The van der Waals surface area contributed by atoms with Gasteiger partial charge in [0.15, 0.2) is 0 Å². The molecule has 1 saturated heterocycles. The average molecular weight is 362 g/mol. The molecular formula is C18H20F2N4O2. The molecule has 0 unspecified atom stereocenters. The molecule has 0 radical (unpaired) electrons. The van der Waals surface area contributed by atoms with E-state index in [1.54, 1.807) is 24.4 Å². The first-order valence-electron chi connectivity index (χ1n) is 8.19. The van der Waals surface area contributed by atoms with Crippen LogP contribution in [0.1, 0.15) is 18.1 Å². The number of anilines is 2. The van der Waals surface area contributed by atoms with Crippen LogP contribution in [0.3, 0.4) is 0 Å². The highest BCUT2D eigenvalue weighted by Crippen LogP contribution is 2.28. The molecule has 0 bridgehead atoms. The van der Waals surface area contributed by atoms with Crippen molar-refractivity contribution in [1.29, 1.82) is 5.41 Å². The Labute approximate surface area is 149 Å². The Morgan fingerprint density at radius 3 is 2.58 bits per heavy atom. The van der Waals surface area contributed by atoms with Gasteiger partial charge >= 0.3 is 6.11 Å². The maximum Gasteiger partial charge on any atom is 0.394 e. The lowest BCUT2D eigenvalue weighted by Gasteiger charge is -2.29. The molecule has 0 amide bonds. The van der Waals surface area contributed by atoms with Crippen molar-refractivity contribution in [2.45, 2.75) is 19.6 Å². The zero-order chi connectivity index (χ0) is 18.7. The van der Waals surface area contributed by atoms with Crippen molar-refractivity contribution >= 4 is 17.2 Å². The summed E-state index contributed by atoms with van der Waals surface area (Å²) >= 11 is 0. The predicted molar refractivity (Wildman–Crippen MR) is 94.3 cm³/mol. The topological polar surface area (TPSA) is 90.3 Å². The number of aliphatic hydroxyl groups is 1. The smallest absolute Gasteiger partial charge is 0.394 e. The minimum Gasteiger partial charge on any atom is -0.433 e. The normalized spacial score (nSPS) is 14.6. The van der Waals surface area contributed by atoms with Gasteiger partial charge in [-0.05, 0) is 35.9 Å². The van der Waals surface area contributed by atoms with E-state index in [1.807, 2.05) is 0 Å². The monoisotopic (exact) mass is 362 g/mol. The maximum atomic E-state index is 12.9. The zero-order valence-electron chi connectivity index (χ0n) is 14.2. The Bertz CT molecular complexity index is 787. The van der Waals surface area contributed by atoms with Crippen LogP contribution in [0, 0.1) is 11.3 Å². The predicted octanol–water partition coefficient (Wildman–Crippen LogP) is 2.90. The number of halogens is 2. The third-order valence-electron chi connectivity index (χ3n) is 4.08. The van der Waals surface area contributed by atoms with Crippen molar-refractivity contribution in [1.82, 2.24) is 10.3 Å². The van der Waals surface area contributed by atoms with Gasteiger partial charge in [-0.2, -0.15) is 8.78 Å². The number of hydrogen-bond donors (Lipinski definition) is 4. The highest BCUT2D eigenvalue weighted by atomic mass is 19.3. The number of hydrogen-bond acceptors (Lipinski definition) is 6. The van der Waals surface area contributed by atoms with Gasteiger partial charge in [0, 0.05) is 49.1 Å². The fraction of sp³-hybridized carbons (Fsp3) is 0.333. The lowest BCUT2D eigenvalue weighted by molar-refractivity contribution is -0.158. The van der Waals surface area contributed by atoms with Crippen molar-refractivity contribution in [2.75, 3.05) is 18.4 Å². The van der Waals surface area contributed by atoms with E-state index in [4.69, 9.17) is 5.41 Å². The number of pyridine rings is 1. The van der Waals surface area contributed by atoms with Gasteiger partial charge in [0.25, 0.3) is 0 Å². The number of alkyl halides is 2. The van der Waals surface area contributed by atoms with Gasteiger partial charge in [-0.3, -0.25) is 0 Å². The van der Waals surface area contributed by atoms with Gasteiger partial charge in [-0.15, -0.1) is 0 Å². The number of nitrogens with zero attached hydrogens (tertiary/aromatic N) is 1. The summed E-state index contributed by atoms with van der Waals surface area (Å²) in [4.78, 5) is 4.29. The summed E-state index contributed by atoms with van der Waals surface area (Å²) in [6.45, 7) is 1.91. The molecule has 0 saturated carbocycles. The van der Waals surface area contributed by atoms with Crippen molar-refractivity contribution < 1.29 is 18.6 Å². The second kappa shape index (κ2) is 7.35. The molecule has 4 N–H and O–H groups in total. The van der Waals surface area contributed by atoms with Crippen molar-refractivity contribution in [3.63, 3.8) is 0 Å². The van der Waals surface area contributed by atoms with Gasteiger partial charge in [-0.1, -0.05) is 0 Å². The van der Waals surface area contributed by atoms with Crippen molar-refractivity contribution in [3.05, 3.63) is 47.7 Å². The number of aliphatic hydroxyl groups excluding tert-OH is 1. The van der Waals surface area contributed by atoms with E-state index in [0.717, 1.165) is 13.1 Å². The molecule has 0 spiro atoms. The molecule has 6 nitrogen and oxygen atoms in total. The van der Waals surface area contributed by atoms with Gasteiger partial charge in [-0.25, -0.2) is 4.98 Å². The first kappa shape index (κ1) is 18.2. The van der Waals surface area contributed by atoms with Crippen molar-refractivity contribution in [3.8, 4) is 5.75 Å². The lowest BCUT2D eigenvalue weighted by Crippen LogP contribution is -2.46. The summed E-state index contributed by atoms with van der Waals surface area (Å²) in [5.74, 6) is 0.573. The van der Waals surface area contributed by atoms with Crippen LogP contribution in [0.4, 0.5) is 20.3 Å². The molecule has 1 aromatic carbocycles. The highest BCUT2D eigenvalue weighted by molar-refractivity contribution is 6.06. The lowest BCUT2D eigenvalue weighted by atomic mass is 9.90. The molecule has 0 aliphatic carbocycles. The quantitative estimate of drug-likeness (QED) is 0.569. The number of benzene rings is 1. The zero-order valence-corrected chi connectivity index (χ0v) is 14.2. The average Bonchev–Trinajstić information content (AvgIpc) is 2.53. The minimum absolute atomic E-state index is 0.0497. The minimum atomic E-state index is -3.25. The summed E-state index contributed by atoms with van der Waals surface area (Å²) in [7, 11) is 0. The molecule has 138 valence electrons. The Balaban J connectivity index is 1.84. The van der Waals surface area contributed by atoms with Crippen LogP contribution in [0.5, 0.6) is 5.75 Å². The Kier molecular flexibility index (Phi) is 5.15. The van der Waals surface area contributed by atoms with E-state index in [-0.39, 0.29) is 18.3 Å². The number of aromatic nitrogens is 1. The third kappa shape index (κ3) is 4.14. The van der Waals surface area contributed by atoms with Crippen LogP contribution >= 0.6 is 0 Å². The molecule has 1 fully saturated rings. The van der Waals surface area contributed by atoms with Crippen LogP contribution in [-0.2, 0) is 6.61 Å². The van der Waals surface area contributed by atoms with Gasteiger partial charge in [0.1, 0.15) is 11.6 Å². The maximum absolute atomic E-state index is 12.9. The Morgan fingerprint density at radius 1 is 1.35 bits per heavy atom. The standard InChI is InChI=1S/C18H20F2N4O2/c1-18(19,20)26-14-4-2-13(3-5-14)24-17-15(11(10-25)6-7-23-17)16(21)12-8-22-9-12/h2-7,12,21-22,25H,8-10H2,1H3,(H,23,24). The third-order valence-corrected chi connectivity index (χ3v) is 4.08. The number of ether oxygens (including phenoxy) is 1. The van der Waals surface area contributed by atoms with E-state index in [9.17, 15) is 13.9 Å². The van der Waals surface area contributed by atoms with E-state index in [1.165, 1.54) is 12.1 Å². The van der Waals surface area contributed by atoms with Crippen LogP contribution in [-0.4, -0.2) is 35.0 Å². The fourth-order valence-electron chi connectivity index (χ4n) is 2.68. The highest BCUT2D eigenvalue weighted by Gasteiger charge is 2.27. The van der Waals surface area contributed by atoms with E-state index < -0.39 is 6.11 Å². The number of rotatable bonds is 7. The largest absolute Gasteiger partial charge is 0.433 e. The molecule has 2 heterocycles. The summed E-state index contributed by atoms with van der Waals surface area (Å²) in [6.07, 6.45) is -1.69. The molecule has 2 aromatic rings. The summed E-state index contributed by atoms with van der Waals surface area (Å²) in [5, 5.41) is 24.3. The molecule has 3 rings (SSSR count). The van der Waals surface area contributed by atoms with E-state index >= 15 is 0 Å². The second-order valence-electron chi connectivity index (χ2n) is 6.18. The molecule has 0 atom stereocenters. The van der Waals surface area contributed by atoms with Gasteiger partial charge < -0.3 is 25.9 Å². The summed E-state index contributed by atoms with van der Waals surface area (Å²) in [5.41, 5.74) is 2.21. The second-order valence-corrected chi connectivity index (χ2v) is 6.18. The molecule has 1 aliphatic rings. The fourth-order valence-corrected chi connectivity index (χ4v) is 2.68.